The Labute approximate surface area is 491 Å². The van der Waals surface area contributed by atoms with Gasteiger partial charge in [0.1, 0.15) is 0 Å². The van der Waals surface area contributed by atoms with E-state index >= 15 is 0 Å². The molecule has 0 amide bonds. The number of benzene rings is 9. The summed E-state index contributed by atoms with van der Waals surface area (Å²) in [5.41, 5.74) is 28.0. The standard InChI is InChI=1S/C78H82BN3/c1-51-43-60-62(76(9,10)41-39-74(60,5)6)49-68(51)82-67-38-36-55(78(13,14)53-29-21-16-22-30-53)45-64(67)79-65-48-61-63(77(11,12)42-40-75(61,7)8)50-69(65)81(66-37-35-54(73(2,3)4)44-59(66)52-27-19-15-20-28-52)70-46-58(47-71(82)72(70)79)80(56-31-23-17-24-32-56)57-33-25-18-26-34-57/h15-38,43-50H,39-42H2,1-14H3. The van der Waals surface area contributed by atoms with Gasteiger partial charge in [0, 0.05) is 50.8 Å². The number of fused-ring (bicyclic) bond motifs is 6. The van der Waals surface area contributed by atoms with Gasteiger partial charge in [0.15, 0.2) is 0 Å². The zero-order valence-electron chi connectivity index (χ0n) is 51.2. The van der Waals surface area contributed by atoms with Crippen LogP contribution < -0.4 is 31.1 Å². The molecule has 0 atom stereocenters. The van der Waals surface area contributed by atoms with Gasteiger partial charge in [-0.25, -0.2) is 0 Å². The van der Waals surface area contributed by atoms with Crippen LogP contribution >= 0.6 is 0 Å². The smallest absolute Gasteiger partial charge is 0.252 e. The SMILES string of the molecule is Cc1cc2c(cc1N1c3ccc(C(C)(C)c4ccccc4)cc3B3c4cc5c(cc4N(c4ccc(C(C)(C)C)cc4-c4ccccc4)c4cc(N(c6ccccc6)c6ccccc6)cc1c43)C(C)(C)CCC5(C)C)C(C)(C)CCC2(C)C. The number of aryl methyl sites for hydroxylation is 1. The molecule has 0 unspecified atom stereocenters. The average Bonchev–Trinajstić information content (AvgIpc) is 0.827. The van der Waals surface area contributed by atoms with Crippen molar-refractivity contribution in [1.29, 1.82) is 0 Å². The molecule has 4 aliphatic rings. The Morgan fingerprint density at radius 1 is 0.378 bits per heavy atom. The summed E-state index contributed by atoms with van der Waals surface area (Å²) in [5, 5.41) is 0. The van der Waals surface area contributed by atoms with Crippen LogP contribution in [0.25, 0.3) is 11.1 Å². The normalized spacial score (nSPS) is 17.0. The first-order chi connectivity index (χ1) is 38.9. The molecule has 9 aromatic carbocycles. The van der Waals surface area contributed by atoms with Crippen LogP contribution in [0.1, 0.15) is 160 Å². The molecule has 3 nitrogen and oxygen atoms in total. The average molecular weight is 1070 g/mol. The molecule has 0 fully saturated rings. The van der Waals surface area contributed by atoms with Gasteiger partial charge >= 0.3 is 0 Å². The summed E-state index contributed by atoms with van der Waals surface area (Å²) in [6.45, 7) is 34.0. The lowest BCUT2D eigenvalue weighted by Gasteiger charge is -2.48. The van der Waals surface area contributed by atoms with E-state index in [0.29, 0.717) is 0 Å². The molecule has 13 rings (SSSR count). The molecule has 0 spiro atoms. The van der Waals surface area contributed by atoms with Crippen LogP contribution in [0, 0.1) is 6.92 Å². The van der Waals surface area contributed by atoms with Crippen LogP contribution in [-0.4, -0.2) is 6.71 Å². The van der Waals surface area contributed by atoms with Crippen LogP contribution in [-0.2, 0) is 32.5 Å². The van der Waals surface area contributed by atoms with Crippen molar-refractivity contribution in [2.75, 3.05) is 14.7 Å². The van der Waals surface area contributed by atoms with Crippen molar-refractivity contribution in [1.82, 2.24) is 0 Å². The molecule has 2 heterocycles. The molecule has 2 aliphatic carbocycles. The maximum atomic E-state index is 2.72. The predicted molar refractivity (Wildman–Crippen MR) is 353 cm³/mol. The minimum Gasteiger partial charge on any atom is -0.311 e. The van der Waals surface area contributed by atoms with E-state index in [1.165, 1.54) is 113 Å². The number of rotatable bonds is 8. The summed E-state index contributed by atoms with van der Waals surface area (Å²) >= 11 is 0. The summed E-state index contributed by atoms with van der Waals surface area (Å²) < 4.78 is 0. The highest BCUT2D eigenvalue weighted by atomic mass is 15.2. The second-order valence-electron chi connectivity index (χ2n) is 28.8. The van der Waals surface area contributed by atoms with E-state index in [1.54, 1.807) is 0 Å². The van der Waals surface area contributed by atoms with E-state index in [9.17, 15) is 0 Å². The van der Waals surface area contributed by atoms with Gasteiger partial charge in [0.25, 0.3) is 6.71 Å². The second kappa shape index (κ2) is 19.0. The highest BCUT2D eigenvalue weighted by Crippen LogP contribution is 2.55. The predicted octanol–water partition coefficient (Wildman–Crippen LogP) is 19.5. The summed E-state index contributed by atoms with van der Waals surface area (Å²) in [6.07, 6.45) is 4.57. The lowest BCUT2D eigenvalue weighted by atomic mass is 9.33. The lowest BCUT2D eigenvalue weighted by Crippen LogP contribution is -2.62. The third kappa shape index (κ3) is 8.68. The van der Waals surface area contributed by atoms with Crippen LogP contribution in [0.2, 0.25) is 0 Å². The van der Waals surface area contributed by atoms with Crippen LogP contribution in [0.15, 0.2) is 194 Å². The van der Waals surface area contributed by atoms with Crippen LogP contribution in [0.4, 0.5) is 51.2 Å². The second-order valence-corrected chi connectivity index (χ2v) is 28.8. The van der Waals surface area contributed by atoms with Crippen molar-refractivity contribution in [2.24, 2.45) is 0 Å². The molecule has 4 heteroatoms. The molecule has 82 heavy (non-hydrogen) atoms. The first kappa shape index (κ1) is 53.7. The first-order valence-electron chi connectivity index (χ1n) is 30.4. The van der Waals surface area contributed by atoms with E-state index in [-0.39, 0.29) is 39.2 Å². The Kier molecular flexibility index (Phi) is 12.4. The van der Waals surface area contributed by atoms with E-state index in [0.717, 1.165) is 36.3 Å². The Hall–Kier alpha value is -7.56. The van der Waals surface area contributed by atoms with Gasteiger partial charge in [-0.1, -0.05) is 217 Å². The third-order valence-corrected chi connectivity index (χ3v) is 20.1. The molecule has 412 valence electrons. The fraction of sp³-hybridized carbons (Fsp3) is 0.308. The fourth-order valence-corrected chi connectivity index (χ4v) is 14.7. The van der Waals surface area contributed by atoms with E-state index in [4.69, 9.17) is 0 Å². The van der Waals surface area contributed by atoms with Gasteiger partial charge in [0.2, 0.25) is 0 Å². The third-order valence-electron chi connectivity index (χ3n) is 20.1. The lowest BCUT2D eigenvalue weighted by molar-refractivity contribution is 0.332. The van der Waals surface area contributed by atoms with Gasteiger partial charge < -0.3 is 14.7 Å². The van der Waals surface area contributed by atoms with Gasteiger partial charge in [-0.15, -0.1) is 0 Å². The van der Waals surface area contributed by atoms with Gasteiger partial charge in [-0.05, 0) is 193 Å². The Morgan fingerprint density at radius 3 is 1.35 bits per heavy atom. The number of hydrogen-bond donors (Lipinski definition) is 0. The highest BCUT2D eigenvalue weighted by molar-refractivity contribution is 7.00. The van der Waals surface area contributed by atoms with E-state index in [2.05, 4.69) is 306 Å². The van der Waals surface area contributed by atoms with Crippen molar-refractivity contribution in [3.05, 3.63) is 239 Å². The molecular formula is C78H82BN3. The zero-order valence-corrected chi connectivity index (χ0v) is 51.2. The topological polar surface area (TPSA) is 9.72 Å². The summed E-state index contributed by atoms with van der Waals surface area (Å²) in [4.78, 5) is 7.93. The molecule has 0 saturated heterocycles. The molecule has 0 saturated carbocycles. The minimum absolute atomic E-state index is 0.000811. The van der Waals surface area contributed by atoms with Gasteiger partial charge in [-0.2, -0.15) is 0 Å². The van der Waals surface area contributed by atoms with Crippen molar-refractivity contribution < 1.29 is 0 Å². The number of hydrogen-bond acceptors (Lipinski definition) is 3. The van der Waals surface area contributed by atoms with E-state index in [1.807, 2.05) is 0 Å². The zero-order chi connectivity index (χ0) is 57.5. The van der Waals surface area contributed by atoms with Crippen molar-refractivity contribution in [3.8, 4) is 11.1 Å². The van der Waals surface area contributed by atoms with Gasteiger partial charge in [-0.3, -0.25) is 0 Å². The monoisotopic (exact) mass is 1070 g/mol. The first-order valence-corrected chi connectivity index (χ1v) is 30.4. The van der Waals surface area contributed by atoms with Crippen molar-refractivity contribution in [2.45, 2.75) is 155 Å². The Morgan fingerprint density at radius 2 is 0.817 bits per heavy atom. The highest BCUT2D eigenvalue weighted by Gasteiger charge is 2.49. The van der Waals surface area contributed by atoms with Crippen LogP contribution in [0.3, 0.4) is 0 Å². The molecule has 9 aromatic rings. The molecule has 2 aliphatic heterocycles. The fourth-order valence-electron chi connectivity index (χ4n) is 14.7. The maximum Gasteiger partial charge on any atom is 0.252 e. The summed E-state index contributed by atoms with van der Waals surface area (Å²) in [5.74, 6) is 0. The van der Waals surface area contributed by atoms with E-state index < -0.39 is 0 Å². The number of para-hydroxylation sites is 2. The van der Waals surface area contributed by atoms with Gasteiger partial charge in [0.05, 0.1) is 11.4 Å². The largest absolute Gasteiger partial charge is 0.311 e. The van der Waals surface area contributed by atoms with Crippen LogP contribution in [0.5, 0.6) is 0 Å². The quantitative estimate of drug-likeness (QED) is 0.140. The molecule has 0 radical (unpaired) electrons. The Bertz CT molecular complexity index is 3920. The summed E-state index contributed by atoms with van der Waals surface area (Å²) in [6, 6.07) is 75.0. The molecular weight excluding hydrogens is 990 g/mol. The minimum atomic E-state index is -0.276. The maximum absolute atomic E-state index is 2.72. The number of anilines is 9. The summed E-state index contributed by atoms with van der Waals surface area (Å²) in [7, 11) is 0. The molecule has 0 aromatic heterocycles. The molecule has 0 N–H and O–H groups in total. The van der Waals surface area contributed by atoms with Crippen molar-refractivity contribution in [3.63, 3.8) is 0 Å². The number of nitrogens with zero attached hydrogens (tertiary/aromatic N) is 3. The van der Waals surface area contributed by atoms with Crippen molar-refractivity contribution >= 4 is 74.3 Å². The Balaban J connectivity index is 1.22. The molecule has 0 bridgehead atoms.